The lowest BCUT2D eigenvalue weighted by Crippen LogP contribution is -2.69. The van der Waals surface area contributed by atoms with E-state index in [0.29, 0.717) is 36.7 Å². The van der Waals surface area contributed by atoms with Crippen LogP contribution in [-0.4, -0.2) is 78.5 Å². The van der Waals surface area contributed by atoms with Gasteiger partial charge in [0.05, 0.1) is 24.8 Å². The Kier molecular flexibility index (Phi) is 14.2. The third kappa shape index (κ3) is 9.41. The molecule has 0 spiro atoms. The minimum atomic E-state index is -1.40. The average molecular weight is 845 g/mol. The molecule has 0 bridgehead atoms. The van der Waals surface area contributed by atoms with E-state index in [0.717, 1.165) is 78.2 Å². The van der Waals surface area contributed by atoms with Gasteiger partial charge in [0, 0.05) is 44.6 Å². The molecular formula is C51H60N2O9. The summed E-state index contributed by atoms with van der Waals surface area (Å²) < 4.78 is 32.9. The topological polar surface area (TPSA) is 129 Å². The first kappa shape index (κ1) is 43.4. The Morgan fingerprint density at radius 1 is 0.919 bits per heavy atom. The Morgan fingerprint density at radius 2 is 1.68 bits per heavy atom. The Hall–Kier alpha value is -5.20. The van der Waals surface area contributed by atoms with Crippen LogP contribution in [0, 0.1) is 17.8 Å². The normalized spacial score (nSPS) is 25.8. The molecule has 2 aliphatic carbocycles. The molecule has 8 rings (SSSR count). The summed E-state index contributed by atoms with van der Waals surface area (Å²) >= 11 is 0. The van der Waals surface area contributed by atoms with E-state index in [2.05, 4.69) is 36.9 Å². The van der Waals surface area contributed by atoms with Crippen LogP contribution in [0.5, 0.6) is 17.2 Å². The van der Waals surface area contributed by atoms with Crippen LogP contribution in [0.15, 0.2) is 120 Å². The van der Waals surface area contributed by atoms with Gasteiger partial charge in [0.25, 0.3) is 0 Å². The first-order valence-electron chi connectivity index (χ1n) is 22.4. The third-order valence-electron chi connectivity index (χ3n) is 13.0. The molecule has 11 heteroatoms. The van der Waals surface area contributed by atoms with E-state index < -0.39 is 30.1 Å². The van der Waals surface area contributed by atoms with Gasteiger partial charge < -0.3 is 43.6 Å². The number of carbonyl (C=O) groups is 1. The van der Waals surface area contributed by atoms with E-state index in [1.165, 1.54) is 0 Å². The molecular weight excluding hydrogens is 785 g/mol. The SMILES string of the molecule is C=CCOC12Oc3ccc(Oc4ccc5ccccc5c4)cc3C3C(CCCCO)C(CCCCO)C=C(C(=NOC4CCCCO4)CC1N(C)C(=O)OCc1ccccc1)C32. The minimum absolute atomic E-state index is 0.0669. The molecule has 2 aliphatic heterocycles. The zero-order valence-electron chi connectivity index (χ0n) is 35.7. The lowest BCUT2D eigenvalue weighted by atomic mass is 9.55. The number of hydrogen-bond acceptors (Lipinski definition) is 10. The van der Waals surface area contributed by atoms with Gasteiger partial charge in [-0.2, -0.15) is 0 Å². The molecule has 7 unspecified atom stereocenters. The molecule has 62 heavy (non-hydrogen) atoms. The van der Waals surface area contributed by atoms with Gasteiger partial charge in [-0.15, -0.1) is 6.58 Å². The Morgan fingerprint density at radius 3 is 2.45 bits per heavy atom. The van der Waals surface area contributed by atoms with Crippen molar-refractivity contribution in [2.45, 2.75) is 94.9 Å². The number of allylic oxidation sites excluding steroid dienone is 1. The third-order valence-corrected chi connectivity index (χ3v) is 13.0. The summed E-state index contributed by atoms with van der Waals surface area (Å²) in [6.07, 6.45) is 10.7. The number of likely N-dealkylation sites (N-methyl/N-ethyl adjacent to an activating group) is 1. The average Bonchev–Trinajstić information content (AvgIpc) is 3.31. The fourth-order valence-corrected chi connectivity index (χ4v) is 10.0. The van der Waals surface area contributed by atoms with Crippen LogP contribution in [0.1, 0.15) is 81.3 Å². The van der Waals surface area contributed by atoms with E-state index in [1.54, 1.807) is 18.0 Å². The van der Waals surface area contributed by atoms with Crippen molar-refractivity contribution in [3.05, 3.63) is 126 Å². The fraction of sp³-hybridized carbons (Fsp3) is 0.451. The van der Waals surface area contributed by atoms with Gasteiger partial charge in [-0.1, -0.05) is 90.8 Å². The van der Waals surface area contributed by atoms with Crippen molar-refractivity contribution >= 4 is 22.6 Å². The van der Waals surface area contributed by atoms with E-state index >= 15 is 0 Å². The molecule has 1 amide bonds. The number of unbranched alkanes of at least 4 members (excludes halogenated alkanes) is 2. The van der Waals surface area contributed by atoms with Crippen molar-refractivity contribution < 1.29 is 43.5 Å². The maximum Gasteiger partial charge on any atom is 0.410 e. The highest BCUT2D eigenvalue weighted by Crippen LogP contribution is 2.62. The first-order chi connectivity index (χ1) is 30.4. The van der Waals surface area contributed by atoms with Crippen molar-refractivity contribution in [2.24, 2.45) is 22.9 Å². The Labute approximate surface area is 364 Å². The second kappa shape index (κ2) is 20.3. The number of rotatable bonds is 18. The molecule has 4 aromatic rings. The number of oxime groups is 1. The van der Waals surface area contributed by atoms with Crippen LogP contribution < -0.4 is 9.47 Å². The second-order valence-electron chi connectivity index (χ2n) is 16.9. The fourth-order valence-electron chi connectivity index (χ4n) is 10.0. The summed E-state index contributed by atoms with van der Waals surface area (Å²) in [5.41, 5.74) is 3.51. The highest BCUT2D eigenvalue weighted by molar-refractivity contribution is 6.03. The predicted octanol–water partition coefficient (Wildman–Crippen LogP) is 10.1. The van der Waals surface area contributed by atoms with Gasteiger partial charge >= 0.3 is 6.09 Å². The largest absolute Gasteiger partial charge is 0.459 e. The summed E-state index contributed by atoms with van der Waals surface area (Å²) in [7, 11) is 1.74. The lowest BCUT2D eigenvalue weighted by molar-refractivity contribution is -0.254. The van der Waals surface area contributed by atoms with Gasteiger partial charge in [-0.25, -0.2) is 4.79 Å². The maximum absolute atomic E-state index is 14.3. The number of fused-ring (bicyclic) bond motifs is 3. The van der Waals surface area contributed by atoms with Crippen molar-refractivity contribution in [3.63, 3.8) is 0 Å². The van der Waals surface area contributed by atoms with Crippen LogP contribution in [0.4, 0.5) is 4.79 Å². The standard InChI is InChI=1S/C51H60N2O9/c1-3-28-59-51-46(53(2)50(56)58-34-35-15-5-4-6-16-35)33-44(52-62-47-21-11-14-29-57-47)42-31-38(19-9-12-26-54)41(20-10-13-27-55)48(49(42)51)43-32-40(24-25-45(43)61-51)60-39-23-22-36-17-7-8-18-37(36)30-39/h3-8,15-18,22-25,30-32,38,41,46-49,54-55H,1,9-14,19-21,26-29,33-34H2,2H3. The van der Waals surface area contributed by atoms with Gasteiger partial charge in [0.2, 0.25) is 12.1 Å². The minimum Gasteiger partial charge on any atom is -0.459 e. The molecule has 2 N–H and O–H groups in total. The van der Waals surface area contributed by atoms with E-state index in [1.807, 2.05) is 66.7 Å². The number of carbonyl (C=O) groups excluding carboxylic acids is 1. The van der Waals surface area contributed by atoms with E-state index in [9.17, 15) is 15.0 Å². The summed E-state index contributed by atoms with van der Waals surface area (Å²) in [4.78, 5) is 22.1. The summed E-state index contributed by atoms with van der Waals surface area (Å²) in [5.74, 6) is 0.135. The van der Waals surface area contributed by atoms with Crippen LogP contribution in [-0.2, 0) is 25.7 Å². The molecule has 2 fully saturated rings. The van der Waals surface area contributed by atoms with Gasteiger partial charge in [-0.05, 0) is 103 Å². The number of aliphatic hydroxyl groups excluding tert-OH is 2. The molecule has 328 valence electrons. The van der Waals surface area contributed by atoms with E-state index in [-0.39, 0.29) is 50.6 Å². The zero-order valence-corrected chi connectivity index (χ0v) is 35.7. The van der Waals surface area contributed by atoms with Gasteiger partial charge in [0.15, 0.2) is 0 Å². The second-order valence-corrected chi connectivity index (χ2v) is 16.9. The highest BCUT2D eigenvalue weighted by Gasteiger charge is 2.65. The first-order valence-corrected chi connectivity index (χ1v) is 22.4. The monoisotopic (exact) mass is 844 g/mol. The highest BCUT2D eigenvalue weighted by atomic mass is 16.8. The molecule has 7 atom stereocenters. The summed E-state index contributed by atoms with van der Waals surface area (Å²) in [6, 6.07) is 29.2. The summed E-state index contributed by atoms with van der Waals surface area (Å²) in [6.45, 7) is 5.11. The quantitative estimate of drug-likeness (QED) is 0.0571. The van der Waals surface area contributed by atoms with Crippen LogP contribution >= 0.6 is 0 Å². The number of aliphatic hydroxyl groups is 2. The van der Waals surface area contributed by atoms with Crippen LogP contribution in [0.2, 0.25) is 0 Å². The molecule has 0 aromatic heterocycles. The van der Waals surface area contributed by atoms with Crippen molar-refractivity contribution in [3.8, 4) is 17.2 Å². The Bertz CT molecular complexity index is 2200. The Balaban J connectivity index is 1.27. The van der Waals surface area contributed by atoms with Gasteiger partial charge in [0.1, 0.15) is 29.9 Å². The smallest absolute Gasteiger partial charge is 0.410 e. The molecule has 4 aromatic carbocycles. The molecule has 0 radical (unpaired) electrons. The maximum atomic E-state index is 14.3. The molecule has 11 nitrogen and oxygen atoms in total. The molecule has 1 saturated carbocycles. The van der Waals surface area contributed by atoms with Crippen molar-refractivity contribution in [1.82, 2.24) is 4.90 Å². The molecule has 4 aliphatic rings. The number of benzene rings is 4. The van der Waals surface area contributed by atoms with Crippen LogP contribution in [0.3, 0.4) is 0 Å². The number of nitrogens with zero attached hydrogens (tertiary/aromatic N) is 2. The number of amides is 1. The van der Waals surface area contributed by atoms with Crippen molar-refractivity contribution in [2.75, 3.05) is 33.5 Å². The molecule has 2 heterocycles. The van der Waals surface area contributed by atoms with Crippen molar-refractivity contribution in [1.29, 1.82) is 0 Å². The lowest BCUT2D eigenvalue weighted by Gasteiger charge is -2.59. The number of hydrogen-bond donors (Lipinski definition) is 2. The van der Waals surface area contributed by atoms with Gasteiger partial charge in [-0.3, -0.25) is 0 Å². The predicted molar refractivity (Wildman–Crippen MR) is 238 cm³/mol. The number of ether oxygens (including phenoxy) is 5. The molecule has 1 saturated heterocycles. The van der Waals surface area contributed by atoms with E-state index in [4.69, 9.17) is 33.7 Å². The van der Waals surface area contributed by atoms with Crippen LogP contribution in [0.25, 0.3) is 10.8 Å². The summed E-state index contributed by atoms with van der Waals surface area (Å²) in [5, 5.41) is 27.0. The zero-order chi connectivity index (χ0) is 42.9.